The number of Topliss-reactive ketones (excluding diaryl/α,β-unsaturated/α-hetero) is 1. The Bertz CT molecular complexity index is 834. The van der Waals surface area contributed by atoms with Crippen LogP contribution in [0.4, 0.5) is 8.78 Å². The summed E-state index contributed by atoms with van der Waals surface area (Å²) in [7, 11) is 1.22. The van der Waals surface area contributed by atoms with Gasteiger partial charge in [0.2, 0.25) is 5.91 Å². The normalized spacial score (nSPS) is 12.7. The van der Waals surface area contributed by atoms with Crippen LogP contribution in [0.25, 0.3) is 0 Å². The van der Waals surface area contributed by atoms with Crippen molar-refractivity contribution in [2.75, 3.05) is 7.11 Å². The molecule has 0 aliphatic carbocycles. The fourth-order valence-electron chi connectivity index (χ4n) is 2.77. The summed E-state index contributed by atoms with van der Waals surface area (Å²) < 4.78 is 31.2. The Balaban J connectivity index is 2.00. The third-order valence-corrected chi connectivity index (χ3v) is 4.16. The Morgan fingerprint density at radius 3 is 2.21 bits per heavy atom. The topological polar surface area (TPSA) is 72.5 Å². The predicted molar refractivity (Wildman–Crippen MR) is 98.2 cm³/mol. The van der Waals surface area contributed by atoms with Crippen molar-refractivity contribution in [3.8, 4) is 0 Å². The molecule has 0 aliphatic heterocycles. The Kier molecular flexibility index (Phi) is 7.37. The lowest BCUT2D eigenvalue weighted by atomic mass is 9.98. The molecule has 1 N–H and O–H groups in total. The molecule has 148 valence electrons. The van der Waals surface area contributed by atoms with Gasteiger partial charge in [-0.05, 0) is 23.3 Å². The number of carbonyl (C=O) groups is 3. The number of esters is 1. The van der Waals surface area contributed by atoms with E-state index in [1.54, 1.807) is 37.3 Å². The van der Waals surface area contributed by atoms with Crippen molar-refractivity contribution in [3.05, 3.63) is 71.3 Å². The number of ketones is 1. The number of methoxy groups -OCH3 is 1. The first-order valence-electron chi connectivity index (χ1n) is 8.70. The van der Waals surface area contributed by atoms with Gasteiger partial charge in [0, 0.05) is 24.8 Å². The van der Waals surface area contributed by atoms with Crippen LogP contribution in [-0.4, -0.2) is 24.8 Å². The van der Waals surface area contributed by atoms with Gasteiger partial charge in [-0.25, -0.2) is 13.6 Å². The van der Waals surface area contributed by atoms with Crippen LogP contribution in [-0.2, 0) is 25.5 Å². The van der Waals surface area contributed by atoms with Gasteiger partial charge < -0.3 is 10.1 Å². The van der Waals surface area contributed by atoms with E-state index in [0.717, 1.165) is 18.2 Å². The van der Waals surface area contributed by atoms with E-state index in [9.17, 15) is 23.2 Å². The number of halogens is 2. The minimum atomic E-state index is -0.992. The monoisotopic (exact) mass is 389 g/mol. The molecule has 0 saturated carbocycles. The molecule has 0 saturated heterocycles. The molecule has 0 spiro atoms. The summed E-state index contributed by atoms with van der Waals surface area (Å²) in [5, 5.41) is 2.59. The first kappa shape index (κ1) is 21.2. The van der Waals surface area contributed by atoms with Crippen molar-refractivity contribution in [2.45, 2.75) is 25.8 Å². The summed E-state index contributed by atoms with van der Waals surface area (Å²) in [5.41, 5.74) is 0.753. The van der Waals surface area contributed by atoms with Crippen molar-refractivity contribution in [3.63, 3.8) is 0 Å². The number of amides is 1. The summed E-state index contributed by atoms with van der Waals surface area (Å²) in [6.45, 7) is 1.54. The average Bonchev–Trinajstić information content (AvgIpc) is 2.64. The highest BCUT2D eigenvalue weighted by atomic mass is 19.1. The van der Waals surface area contributed by atoms with Gasteiger partial charge in [0.15, 0.2) is 6.04 Å². The quantitative estimate of drug-likeness (QED) is 0.704. The van der Waals surface area contributed by atoms with Crippen molar-refractivity contribution in [1.29, 1.82) is 0 Å². The van der Waals surface area contributed by atoms with Crippen LogP contribution in [0.15, 0.2) is 48.5 Å². The maximum Gasteiger partial charge on any atom is 0.333 e. The summed E-state index contributed by atoms with van der Waals surface area (Å²) >= 11 is 0. The lowest BCUT2D eigenvalue weighted by Crippen LogP contribution is -2.38. The Morgan fingerprint density at radius 2 is 1.64 bits per heavy atom. The molecule has 2 aromatic carbocycles. The summed E-state index contributed by atoms with van der Waals surface area (Å²) in [4.78, 5) is 36.7. The van der Waals surface area contributed by atoms with Gasteiger partial charge in [-0.15, -0.1) is 0 Å². The third-order valence-electron chi connectivity index (χ3n) is 4.16. The molecule has 28 heavy (non-hydrogen) atoms. The summed E-state index contributed by atoms with van der Waals surface area (Å²) in [5.74, 6) is -3.75. The number of hydrogen-bond acceptors (Lipinski definition) is 4. The maximum absolute atomic E-state index is 13.2. The second-order valence-corrected chi connectivity index (χ2v) is 6.47. The minimum absolute atomic E-state index is 0.132. The van der Waals surface area contributed by atoms with E-state index in [4.69, 9.17) is 4.74 Å². The highest BCUT2D eigenvalue weighted by Crippen LogP contribution is 2.17. The largest absolute Gasteiger partial charge is 0.467 e. The average molecular weight is 389 g/mol. The van der Waals surface area contributed by atoms with Crippen LogP contribution in [0.2, 0.25) is 0 Å². The molecule has 2 aromatic rings. The van der Waals surface area contributed by atoms with Crippen molar-refractivity contribution in [2.24, 2.45) is 5.92 Å². The molecule has 5 nitrogen and oxygen atoms in total. The molecule has 2 rings (SSSR count). The zero-order valence-corrected chi connectivity index (χ0v) is 15.6. The number of carbonyl (C=O) groups excluding carboxylic acids is 3. The van der Waals surface area contributed by atoms with Crippen LogP contribution in [0.5, 0.6) is 0 Å². The number of rotatable bonds is 8. The molecular formula is C21H21F2NO4. The fourth-order valence-corrected chi connectivity index (χ4v) is 2.77. The second kappa shape index (κ2) is 9.73. The molecule has 0 radical (unpaired) electrons. The van der Waals surface area contributed by atoms with Gasteiger partial charge in [-0.3, -0.25) is 9.59 Å². The molecule has 0 aliphatic rings. The molecule has 0 fully saturated rings. The van der Waals surface area contributed by atoms with Crippen LogP contribution < -0.4 is 5.32 Å². The second-order valence-electron chi connectivity index (χ2n) is 6.47. The van der Waals surface area contributed by atoms with Gasteiger partial charge in [-0.2, -0.15) is 0 Å². The van der Waals surface area contributed by atoms with Crippen molar-refractivity contribution >= 4 is 17.7 Å². The zero-order valence-electron chi connectivity index (χ0n) is 15.6. The third kappa shape index (κ3) is 5.97. The van der Waals surface area contributed by atoms with E-state index in [0.29, 0.717) is 5.56 Å². The highest BCUT2D eigenvalue weighted by molar-refractivity contribution is 5.90. The van der Waals surface area contributed by atoms with E-state index in [1.165, 1.54) is 7.11 Å². The van der Waals surface area contributed by atoms with E-state index < -0.39 is 35.5 Å². The van der Waals surface area contributed by atoms with Crippen LogP contribution >= 0.6 is 0 Å². The van der Waals surface area contributed by atoms with Crippen LogP contribution in [0.3, 0.4) is 0 Å². The van der Waals surface area contributed by atoms with E-state index in [1.807, 2.05) is 0 Å². The maximum atomic E-state index is 13.2. The molecule has 0 bridgehead atoms. The zero-order chi connectivity index (χ0) is 20.7. The van der Waals surface area contributed by atoms with Crippen LogP contribution in [0.1, 0.15) is 30.5 Å². The minimum Gasteiger partial charge on any atom is -0.467 e. The predicted octanol–water partition coefficient (Wildman–Crippen LogP) is 3.13. The van der Waals surface area contributed by atoms with E-state index in [-0.39, 0.29) is 24.2 Å². The van der Waals surface area contributed by atoms with Gasteiger partial charge >= 0.3 is 5.97 Å². The van der Waals surface area contributed by atoms with Crippen LogP contribution in [0, 0.1) is 17.6 Å². The van der Waals surface area contributed by atoms with E-state index >= 15 is 0 Å². The number of ether oxygens (including phenoxy) is 1. The Morgan fingerprint density at radius 1 is 1.04 bits per heavy atom. The summed E-state index contributed by atoms with van der Waals surface area (Å²) in [6.07, 6.45) is -0.321. The lowest BCUT2D eigenvalue weighted by Gasteiger charge is -2.19. The summed E-state index contributed by atoms with van der Waals surface area (Å²) in [6, 6.07) is 10.5. The van der Waals surface area contributed by atoms with Gasteiger partial charge in [0.05, 0.1) is 7.11 Å². The molecular weight excluding hydrogens is 368 g/mol. The Hall–Kier alpha value is -3.09. The first-order chi connectivity index (χ1) is 13.3. The number of nitrogens with one attached hydrogen (secondary N) is 1. The first-order valence-corrected chi connectivity index (χ1v) is 8.70. The number of hydrogen-bond donors (Lipinski definition) is 1. The fraction of sp³-hybridized carbons (Fsp3) is 0.286. The molecule has 2 atom stereocenters. The molecule has 0 unspecified atom stereocenters. The number of benzene rings is 2. The standard InChI is InChI=1S/C21H21F2NO4/c1-13(8-18(25)11-14-9-16(22)12-17(23)10-14)20(26)24-19(21(27)28-2)15-6-4-3-5-7-15/h3-7,9-10,12-13,19H,8,11H2,1-2H3,(H,24,26)/t13-,19+/m1/s1. The van der Waals surface area contributed by atoms with Gasteiger partial charge in [0.1, 0.15) is 17.4 Å². The molecule has 1 amide bonds. The SMILES string of the molecule is COC(=O)[C@@H](NC(=O)[C@H](C)CC(=O)Cc1cc(F)cc(F)c1)c1ccccc1. The van der Waals surface area contributed by atoms with E-state index in [2.05, 4.69) is 5.32 Å². The smallest absolute Gasteiger partial charge is 0.333 e. The van der Waals surface area contributed by atoms with Gasteiger partial charge in [-0.1, -0.05) is 37.3 Å². The Labute approximate surface area is 161 Å². The molecule has 7 heteroatoms. The highest BCUT2D eigenvalue weighted by Gasteiger charge is 2.26. The van der Waals surface area contributed by atoms with Crippen molar-refractivity contribution in [1.82, 2.24) is 5.32 Å². The lowest BCUT2D eigenvalue weighted by molar-refractivity contribution is -0.145. The molecule has 0 heterocycles. The van der Waals surface area contributed by atoms with Gasteiger partial charge in [0.25, 0.3) is 0 Å². The molecule has 0 aromatic heterocycles. The van der Waals surface area contributed by atoms with Crippen molar-refractivity contribution < 1.29 is 27.9 Å².